The van der Waals surface area contributed by atoms with Crippen LogP contribution in [0.1, 0.15) is 46.0 Å². The Bertz CT molecular complexity index is 264. The van der Waals surface area contributed by atoms with Crippen LogP contribution in [-0.2, 0) is 4.74 Å². The molecule has 0 radical (unpaired) electrons. The lowest BCUT2D eigenvalue weighted by atomic mass is 9.85. The number of thioether (sulfide) groups is 1. The van der Waals surface area contributed by atoms with Crippen molar-refractivity contribution < 1.29 is 14.9 Å². The van der Waals surface area contributed by atoms with Crippen LogP contribution in [0.15, 0.2) is 0 Å². The van der Waals surface area contributed by atoms with E-state index >= 15 is 0 Å². The molecular weight excluding hydrogens is 286 g/mol. The van der Waals surface area contributed by atoms with Crippen LogP contribution in [0.4, 0.5) is 0 Å². The summed E-state index contributed by atoms with van der Waals surface area (Å²) in [7, 11) is 0. The average molecular weight is 320 g/mol. The van der Waals surface area contributed by atoms with E-state index in [2.05, 4.69) is 12.2 Å². The minimum Gasteiger partial charge on any atom is -0.395 e. The normalized spacial score (nSPS) is 27.3. The van der Waals surface area contributed by atoms with E-state index in [0.717, 1.165) is 6.42 Å². The van der Waals surface area contributed by atoms with Crippen LogP contribution in [0.3, 0.4) is 0 Å². The van der Waals surface area contributed by atoms with Gasteiger partial charge in [-0.3, -0.25) is 0 Å². The van der Waals surface area contributed by atoms with Gasteiger partial charge in [-0.15, -0.1) is 0 Å². The zero-order valence-electron chi connectivity index (χ0n) is 13.8. The molecule has 5 heteroatoms. The highest BCUT2D eigenvalue weighted by molar-refractivity contribution is 7.99. The first-order valence-electron chi connectivity index (χ1n) is 8.29. The molecular formula is C16H33NO3S. The highest BCUT2D eigenvalue weighted by Gasteiger charge is 2.25. The topological polar surface area (TPSA) is 61.7 Å². The maximum atomic E-state index is 10.1. The summed E-state index contributed by atoms with van der Waals surface area (Å²) in [5.41, 5.74) is 0. The standard InChI is InChI=1S/C16H33NO3S/c1-4-13-7-5-6-8-15(13)20-11-14(19)9-17-12(2)16(10-18)21-3/h12-19H,4-11H2,1-3H3. The van der Waals surface area contributed by atoms with E-state index in [-0.39, 0.29) is 17.9 Å². The highest BCUT2D eigenvalue weighted by Crippen LogP contribution is 2.29. The summed E-state index contributed by atoms with van der Waals surface area (Å²) < 4.78 is 5.95. The predicted molar refractivity (Wildman–Crippen MR) is 89.8 cm³/mol. The maximum absolute atomic E-state index is 10.1. The van der Waals surface area contributed by atoms with Crippen molar-refractivity contribution in [3.8, 4) is 0 Å². The van der Waals surface area contributed by atoms with E-state index in [1.807, 2.05) is 13.2 Å². The van der Waals surface area contributed by atoms with Gasteiger partial charge in [0.2, 0.25) is 0 Å². The Kier molecular flexibility index (Phi) is 9.93. The van der Waals surface area contributed by atoms with Gasteiger partial charge in [0.15, 0.2) is 0 Å². The quantitative estimate of drug-likeness (QED) is 0.575. The Labute approximate surface area is 134 Å². The summed E-state index contributed by atoms with van der Waals surface area (Å²) in [6.07, 6.45) is 7.97. The van der Waals surface area contributed by atoms with Gasteiger partial charge in [0.25, 0.3) is 0 Å². The van der Waals surface area contributed by atoms with Gasteiger partial charge in [0, 0.05) is 17.8 Å². The van der Waals surface area contributed by atoms with E-state index < -0.39 is 6.10 Å². The molecule has 5 unspecified atom stereocenters. The molecule has 3 N–H and O–H groups in total. The summed E-state index contributed by atoms with van der Waals surface area (Å²) >= 11 is 1.64. The van der Waals surface area contributed by atoms with Crippen LogP contribution < -0.4 is 5.32 Å². The monoisotopic (exact) mass is 319 g/mol. The van der Waals surface area contributed by atoms with E-state index in [1.165, 1.54) is 25.7 Å². The van der Waals surface area contributed by atoms with E-state index in [4.69, 9.17) is 4.74 Å². The first-order chi connectivity index (χ1) is 10.1. The molecule has 0 amide bonds. The summed E-state index contributed by atoms with van der Waals surface area (Å²) in [6, 6.07) is 0.178. The molecule has 1 aliphatic rings. The van der Waals surface area contributed by atoms with Crippen molar-refractivity contribution in [2.45, 2.75) is 69.5 Å². The Hall–Kier alpha value is 0.190. The van der Waals surface area contributed by atoms with Crippen molar-refractivity contribution in [1.29, 1.82) is 0 Å². The lowest BCUT2D eigenvalue weighted by molar-refractivity contribution is -0.0503. The Morgan fingerprint density at radius 2 is 2.05 bits per heavy atom. The number of hydrogen-bond donors (Lipinski definition) is 3. The van der Waals surface area contributed by atoms with Gasteiger partial charge >= 0.3 is 0 Å². The third-order valence-electron chi connectivity index (χ3n) is 4.58. The molecule has 0 saturated heterocycles. The van der Waals surface area contributed by atoms with Crippen LogP contribution in [0.25, 0.3) is 0 Å². The van der Waals surface area contributed by atoms with Crippen molar-refractivity contribution in [1.82, 2.24) is 5.32 Å². The molecule has 0 bridgehead atoms. The van der Waals surface area contributed by atoms with Crippen molar-refractivity contribution in [2.75, 3.05) is 26.0 Å². The van der Waals surface area contributed by atoms with Gasteiger partial charge in [0.05, 0.1) is 25.4 Å². The number of nitrogens with one attached hydrogen (secondary N) is 1. The Morgan fingerprint density at radius 1 is 1.33 bits per heavy atom. The SMILES string of the molecule is CCC1CCCCC1OCC(O)CNC(C)C(CO)SC. The van der Waals surface area contributed by atoms with Crippen LogP contribution in [0.2, 0.25) is 0 Å². The molecule has 1 aliphatic carbocycles. The third-order valence-corrected chi connectivity index (χ3v) is 5.75. The second kappa shape index (κ2) is 10.8. The van der Waals surface area contributed by atoms with Crippen LogP contribution in [-0.4, -0.2) is 59.7 Å². The van der Waals surface area contributed by atoms with Crippen molar-refractivity contribution in [3.05, 3.63) is 0 Å². The molecule has 1 rings (SSSR count). The van der Waals surface area contributed by atoms with Crippen LogP contribution in [0, 0.1) is 5.92 Å². The fraction of sp³-hybridized carbons (Fsp3) is 1.00. The largest absolute Gasteiger partial charge is 0.395 e. The molecule has 126 valence electrons. The fourth-order valence-corrected chi connectivity index (χ4v) is 3.70. The van der Waals surface area contributed by atoms with E-state index in [0.29, 0.717) is 25.2 Å². The maximum Gasteiger partial charge on any atom is 0.0897 e. The second-order valence-corrected chi connectivity index (χ2v) is 7.21. The minimum atomic E-state index is -0.479. The van der Waals surface area contributed by atoms with Crippen LogP contribution in [0.5, 0.6) is 0 Å². The molecule has 1 saturated carbocycles. The van der Waals surface area contributed by atoms with Gasteiger partial charge in [-0.2, -0.15) is 11.8 Å². The lowest BCUT2D eigenvalue weighted by Crippen LogP contribution is -2.43. The Balaban J connectivity index is 2.22. The summed E-state index contributed by atoms with van der Waals surface area (Å²) in [5, 5.41) is 22.8. The minimum absolute atomic E-state index is 0.155. The molecule has 0 aromatic carbocycles. The summed E-state index contributed by atoms with van der Waals surface area (Å²) in [6.45, 7) is 5.34. The van der Waals surface area contributed by atoms with Gasteiger partial charge in [0.1, 0.15) is 0 Å². The first-order valence-corrected chi connectivity index (χ1v) is 9.57. The average Bonchev–Trinajstić information content (AvgIpc) is 2.52. The second-order valence-electron chi connectivity index (χ2n) is 6.13. The van der Waals surface area contributed by atoms with E-state index in [1.54, 1.807) is 11.8 Å². The van der Waals surface area contributed by atoms with Gasteiger partial charge in [-0.25, -0.2) is 0 Å². The number of ether oxygens (including phenoxy) is 1. The molecule has 1 fully saturated rings. The van der Waals surface area contributed by atoms with Crippen molar-refractivity contribution in [3.63, 3.8) is 0 Å². The van der Waals surface area contributed by atoms with Gasteiger partial charge < -0.3 is 20.3 Å². The zero-order chi connectivity index (χ0) is 15.7. The highest BCUT2D eigenvalue weighted by atomic mass is 32.2. The number of rotatable bonds is 10. The predicted octanol–water partition coefficient (Wildman–Crippen LogP) is 2.03. The number of aliphatic hydroxyl groups is 2. The Morgan fingerprint density at radius 3 is 2.67 bits per heavy atom. The van der Waals surface area contributed by atoms with Crippen molar-refractivity contribution >= 4 is 11.8 Å². The zero-order valence-corrected chi connectivity index (χ0v) is 14.6. The summed E-state index contributed by atoms with van der Waals surface area (Å²) in [5.74, 6) is 0.660. The van der Waals surface area contributed by atoms with E-state index in [9.17, 15) is 10.2 Å². The molecule has 0 aromatic heterocycles. The molecule has 0 aliphatic heterocycles. The molecule has 0 aromatic rings. The van der Waals surface area contributed by atoms with Gasteiger partial charge in [-0.05, 0) is 31.9 Å². The van der Waals surface area contributed by atoms with Crippen molar-refractivity contribution in [2.24, 2.45) is 5.92 Å². The molecule has 4 nitrogen and oxygen atoms in total. The number of aliphatic hydroxyl groups excluding tert-OH is 2. The molecule has 21 heavy (non-hydrogen) atoms. The lowest BCUT2D eigenvalue weighted by Gasteiger charge is -2.31. The molecule has 5 atom stereocenters. The van der Waals surface area contributed by atoms with Gasteiger partial charge in [-0.1, -0.05) is 26.2 Å². The molecule has 0 heterocycles. The summed E-state index contributed by atoms with van der Waals surface area (Å²) in [4.78, 5) is 0. The number of hydrogen-bond acceptors (Lipinski definition) is 5. The first kappa shape index (κ1) is 19.2. The smallest absolute Gasteiger partial charge is 0.0897 e. The van der Waals surface area contributed by atoms with Crippen LogP contribution >= 0.6 is 11.8 Å². The molecule has 0 spiro atoms. The third kappa shape index (κ3) is 6.87. The fourth-order valence-electron chi connectivity index (χ4n) is 3.04.